The van der Waals surface area contributed by atoms with Crippen molar-refractivity contribution in [2.75, 3.05) is 5.32 Å². The number of anilines is 1. The molecule has 0 radical (unpaired) electrons. The number of rotatable bonds is 4. The first-order valence-electron chi connectivity index (χ1n) is 8.05. The number of carbonyl (C=O) groups excluding carboxylic acids is 1. The average Bonchev–Trinajstić information content (AvgIpc) is 3.34. The molecule has 0 aliphatic carbocycles. The minimum Gasteiger partial charge on any atom is -0.382 e. The van der Waals surface area contributed by atoms with Gasteiger partial charge in [-0.3, -0.25) is 9.78 Å². The Hall–Kier alpha value is -3.62. The lowest BCUT2D eigenvalue weighted by Gasteiger charge is -2.07. The minimum atomic E-state index is -0.950. The van der Waals surface area contributed by atoms with Crippen LogP contribution >= 0.6 is 0 Å². The van der Waals surface area contributed by atoms with E-state index in [1.165, 1.54) is 0 Å². The van der Waals surface area contributed by atoms with Crippen molar-refractivity contribution >= 4 is 17.4 Å². The third-order valence-corrected chi connectivity index (χ3v) is 3.97. The van der Waals surface area contributed by atoms with Gasteiger partial charge in [0.25, 0.3) is 5.91 Å². The number of amides is 1. The summed E-state index contributed by atoms with van der Waals surface area (Å²) in [5, 5.41) is 10.6. The molecule has 9 heteroatoms. The van der Waals surface area contributed by atoms with Crippen molar-refractivity contribution in [1.29, 1.82) is 0 Å². The Kier molecular flexibility index (Phi) is 4.33. The molecule has 7 nitrogen and oxygen atoms in total. The lowest BCUT2D eigenvalue weighted by atomic mass is 10.0. The maximum Gasteiger partial charge on any atom is 0.269 e. The molecule has 1 amide bonds. The standard InChI is InChI=1S/C18H13F2N5O2/c19-11-1-2-14(20)13(9-11)15-10-16(27-24-15)18(26)22-17-5-8-25(23-17)12-3-6-21-7-4-12/h1-9,16H,10H2,(H,22,23,26). The molecule has 3 heterocycles. The topological polar surface area (TPSA) is 81.4 Å². The van der Waals surface area contributed by atoms with Crippen molar-refractivity contribution < 1.29 is 18.4 Å². The quantitative estimate of drug-likeness (QED) is 0.767. The fraction of sp³-hybridized carbons (Fsp3) is 0.111. The van der Waals surface area contributed by atoms with Gasteiger partial charge in [-0.1, -0.05) is 5.16 Å². The Morgan fingerprint density at radius 1 is 1.19 bits per heavy atom. The number of hydrogen-bond donors (Lipinski definition) is 1. The molecule has 4 rings (SSSR count). The van der Waals surface area contributed by atoms with Crippen LogP contribution in [0.3, 0.4) is 0 Å². The number of pyridine rings is 1. The van der Waals surface area contributed by atoms with Gasteiger partial charge in [0.2, 0.25) is 6.10 Å². The van der Waals surface area contributed by atoms with E-state index in [9.17, 15) is 13.6 Å². The Balaban J connectivity index is 1.42. The third-order valence-electron chi connectivity index (χ3n) is 3.97. The number of aromatic nitrogens is 3. The summed E-state index contributed by atoms with van der Waals surface area (Å²) in [6.07, 6.45) is 4.02. The summed E-state index contributed by atoms with van der Waals surface area (Å²) < 4.78 is 28.7. The van der Waals surface area contributed by atoms with Crippen LogP contribution in [0.4, 0.5) is 14.6 Å². The van der Waals surface area contributed by atoms with Gasteiger partial charge in [0, 0.05) is 36.6 Å². The van der Waals surface area contributed by atoms with E-state index in [4.69, 9.17) is 4.84 Å². The zero-order chi connectivity index (χ0) is 18.8. The first kappa shape index (κ1) is 16.8. The molecule has 2 aromatic heterocycles. The van der Waals surface area contributed by atoms with Crippen LogP contribution in [0.25, 0.3) is 5.69 Å². The van der Waals surface area contributed by atoms with E-state index in [-0.39, 0.29) is 17.7 Å². The highest BCUT2D eigenvalue weighted by Crippen LogP contribution is 2.21. The van der Waals surface area contributed by atoms with Crippen LogP contribution in [-0.2, 0) is 9.63 Å². The van der Waals surface area contributed by atoms with Gasteiger partial charge >= 0.3 is 0 Å². The maximum atomic E-state index is 13.8. The smallest absolute Gasteiger partial charge is 0.269 e. The molecule has 136 valence electrons. The van der Waals surface area contributed by atoms with Crippen LogP contribution in [-0.4, -0.2) is 32.5 Å². The van der Waals surface area contributed by atoms with E-state index < -0.39 is 23.6 Å². The highest BCUT2D eigenvalue weighted by Gasteiger charge is 2.30. The molecular formula is C18H13F2N5O2. The highest BCUT2D eigenvalue weighted by molar-refractivity contribution is 6.06. The number of carbonyl (C=O) groups is 1. The second kappa shape index (κ2) is 6.94. The number of halogens is 2. The van der Waals surface area contributed by atoms with Crippen LogP contribution < -0.4 is 5.32 Å². The first-order chi connectivity index (χ1) is 13.1. The lowest BCUT2D eigenvalue weighted by Crippen LogP contribution is -2.28. The largest absolute Gasteiger partial charge is 0.382 e. The van der Waals surface area contributed by atoms with E-state index in [0.717, 1.165) is 23.9 Å². The van der Waals surface area contributed by atoms with Crippen molar-refractivity contribution in [2.24, 2.45) is 5.16 Å². The Labute approximate surface area is 152 Å². The summed E-state index contributed by atoms with van der Waals surface area (Å²) in [7, 11) is 0. The molecule has 1 aliphatic rings. The van der Waals surface area contributed by atoms with E-state index >= 15 is 0 Å². The van der Waals surface area contributed by atoms with Gasteiger partial charge in [0.1, 0.15) is 11.6 Å². The van der Waals surface area contributed by atoms with Gasteiger partial charge in [-0.15, -0.1) is 0 Å². The number of oxime groups is 1. The van der Waals surface area contributed by atoms with Gasteiger partial charge in [0.05, 0.1) is 11.4 Å². The molecule has 1 aromatic carbocycles. The molecule has 1 unspecified atom stereocenters. The molecule has 0 saturated heterocycles. The Morgan fingerprint density at radius 2 is 2.00 bits per heavy atom. The fourth-order valence-corrected chi connectivity index (χ4v) is 2.63. The number of nitrogens with one attached hydrogen (secondary N) is 1. The van der Waals surface area contributed by atoms with Crippen molar-refractivity contribution in [3.63, 3.8) is 0 Å². The van der Waals surface area contributed by atoms with E-state index in [1.807, 2.05) is 0 Å². The molecule has 0 fully saturated rings. The summed E-state index contributed by atoms with van der Waals surface area (Å²) in [4.78, 5) is 21.4. The van der Waals surface area contributed by atoms with Gasteiger partial charge in [0.15, 0.2) is 5.82 Å². The SMILES string of the molecule is O=C(Nc1ccn(-c2ccncc2)n1)C1CC(c2cc(F)ccc2F)=NO1. The highest BCUT2D eigenvalue weighted by atomic mass is 19.1. The van der Waals surface area contributed by atoms with Crippen molar-refractivity contribution in [1.82, 2.24) is 14.8 Å². The first-order valence-corrected chi connectivity index (χ1v) is 8.05. The minimum absolute atomic E-state index is 0.0211. The predicted molar refractivity (Wildman–Crippen MR) is 92.4 cm³/mol. The summed E-state index contributed by atoms with van der Waals surface area (Å²) in [6.45, 7) is 0. The van der Waals surface area contributed by atoms with Crippen molar-refractivity contribution in [3.05, 3.63) is 72.2 Å². The van der Waals surface area contributed by atoms with Crippen molar-refractivity contribution in [3.8, 4) is 5.69 Å². The molecule has 1 N–H and O–H groups in total. The molecule has 3 aromatic rings. The van der Waals surface area contributed by atoms with Crippen LogP contribution in [0.5, 0.6) is 0 Å². The molecule has 27 heavy (non-hydrogen) atoms. The zero-order valence-electron chi connectivity index (χ0n) is 13.8. The summed E-state index contributed by atoms with van der Waals surface area (Å²) in [6, 6.07) is 8.21. The fourth-order valence-electron chi connectivity index (χ4n) is 2.63. The molecular weight excluding hydrogens is 356 g/mol. The van der Waals surface area contributed by atoms with Gasteiger partial charge in [-0.25, -0.2) is 13.5 Å². The van der Waals surface area contributed by atoms with E-state index in [1.54, 1.807) is 41.5 Å². The van der Waals surface area contributed by atoms with Gasteiger partial charge in [-0.2, -0.15) is 5.10 Å². The summed E-state index contributed by atoms with van der Waals surface area (Å²) in [5.41, 5.74) is 0.941. The van der Waals surface area contributed by atoms with E-state index in [0.29, 0.717) is 5.82 Å². The molecule has 1 atom stereocenters. The Morgan fingerprint density at radius 3 is 2.81 bits per heavy atom. The average molecular weight is 369 g/mol. The van der Waals surface area contributed by atoms with Crippen LogP contribution in [0, 0.1) is 11.6 Å². The van der Waals surface area contributed by atoms with E-state index in [2.05, 4.69) is 20.6 Å². The van der Waals surface area contributed by atoms with Crippen LogP contribution in [0.15, 0.2) is 60.1 Å². The monoisotopic (exact) mass is 369 g/mol. The third kappa shape index (κ3) is 3.52. The summed E-state index contributed by atoms with van der Waals surface area (Å²) in [5.74, 6) is -1.38. The zero-order valence-corrected chi connectivity index (χ0v) is 13.8. The van der Waals surface area contributed by atoms with Crippen molar-refractivity contribution in [2.45, 2.75) is 12.5 Å². The number of benzene rings is 1. The predicted octanol–water partition coefficient (Wildman–Crippen LogP) is 2.68. The molecule has 0 spiro atoms. The molecule has 1 aliphatic heterocycles. The van der Waals surface area contributed by atoms with Crippen LogP contribution in [0.2, 0.25) is 0 Å². The molecule has 0 saturated carbocycles. The Bertz CT molecular complexity index is 1020. The summed E-state index contributed by atoms with van der Waals surface area (Å²) >= 11 is 0. The maximum absolute atomic E-state index is 13.8. The van der Waals surface area contributed by atoms with Crippen LogP contribution in [0.1, 0.15) is 12.0 Å². The van der Waals surface area contributed by atoms with Gasteiger partial charge in [-0.05, 0) is 30.3 Å². The number of nitrogens with zero attached hydrogens (tertiary/aromatic N) is 4. The molecule has 0 bridgehead atoms. The van der Waals surface area contributed by atoms with Gasteiger partial charge < -0.3 is 10.2 Å². The normalized spacial score (nSPS) is 15.9. The second-order valence-electron chi connectivity index (χ2n) is 5.80. The lowest BCUT2D eigenvalue weighted by molar-refractivity contribution is -0.125. The number of hydrogen-bond acceptors (Lipinski definition) is 5. The second-order valence-corrected chi connectivity index (χ2v) is 5.80.